The molecule has 0 spiro atoms. The topological polar surface area (TPSA) is 55.6 Å². The molecule has 0 aliphatic carbocycles. The van der Waals surface area contributed by atoms with Crippen LogP contribution < -0.4 is 5.32 Å². The SMILES string of the molecule is Cc1ccc(C(C)C)cc1Nc1nc(-c2ccc(-n3ccnc3)nc2)cs1. The molecule has 0 fully saturated rings. The van der Waals surface area contributed by atoms with Gasteiger partial charge in [-0.25, -0.2) is 15.0 Å². The summed E-state index contributed by atoms with van der Waals surface area (Å²) in [4.78, 5) is 13.3. The van der Waals surface area contributed by atoms with Crippen molar-refractivity contribution in [2.75, 3.05) is 5.32 Å². The van der Waals surface area contributed by atoms with Crippen LogP contribution in [-0.4, -0.2) is 19.5 Å². The number of imidazole rings is 1. The van der Waals surface area contributed by atoms with E-state index < -0.39 is 0 Å². The average Bonchev–Trinajstić information content (AvgIpc) is 3.35. The molecule has 6 heteroatoms. The molecular formula is C21H21N5S. The first-order chi connectivity index (χ1) is 13.1. The Balaban J connectivity index is 1.55. The zero-order valence-electron chi connectivity index (χ0n) is 15.5. The number of benzene rings is 1. The highest BCUT2D eigenvalue weighted by atomic mass is 32.1. The molecule has 0 saturated heterocycles. The lowest BCUT2D eigenvalue weighted by molar-refractivity contribution is 0.866. The van der Waals surface area contributed by atoms with Gasteiger partial charge in [-0.1, -0.05) is 26.0 Å². The Morgan fingerprint density at radius 3 is 2.74 bits per heavy atom. The van der Waals surface area contributed by atoms with Gasteiger partial charge >= 0.3 is 0 Å². The van der Waals surface area contributed by atoms with Crippen LogP contribution in [0.2, 0.25) is 0 Å². The maximum absolute atomic E-state index is 4.73. The first-order valence-electron chi connectivity index (χ1n) is 8.88. The van der Waals surface area contributed by atoms with Crippen LogP contribution in [0.5, 0.6) is 0 Å². The van der Waals surface area contributed by atoms with Gasteiger partial charge in [0, 0.05) is 35.2 Å². The molecule has 4 aromatic rings. The van der Waals surface area contributed by atoms with Crippen LogP contribution in [0.4, 0.5) is 10.8 Å². The van der Waals surface area contributed by atoms with Crippen molar-refractivity contribution in [3.05, 3.63) is 71.8 Å². The fourth-order valence-corrected chi connectivity index (χ4v) is 3.53. The summed E-state index contributed by atoms with van der Waals surface area (Å²) >= 11 is 1.60. The molecule has 136 valence electrons. The van der Waals surface area contributed by atoms with E-state index in [-0.39, 0.29) is 0 Å². The number of aryl methyl sites for hydroxylation is 1. The smallest absolute Gasteiger partial charge is 0.187 e. The predicted octanol–water partition coefficient (Wildman–Crippen LogP) is 5.57. The van der Waals surface area contributed by atoms with Gasteiger partial charge in [0.05, 0.1) is 5.69 Å². The number of hydrogen-bond acceptors (Lipinski definition) is 5. The lowest BCUT2D eigenvalue weighted by Crippen LogP contribution is -1.96. The highest BCUT2D eigenvalue weighted by molar-refractivity contribution is 7.14. The second-order valence-corrected chi connectivity index (χ2v) is 7.63. The highest BCUT2D eigenvalue weighted by Gasteiger charge is 2.09. The largest absolute Gasteiger partial charge is 0.331 e. The monoisotopic (exact) mass is 375 g/mol. The second kappa shape index (κ2) is 7.32. The van der Waals surface area contributed by atoms with Gasteiger partial charge in [0.1, 0.15) is 12.1 Å². The van der Waals surface area contributed by atoms with Gasteiger partial charge in [-0.2, -0.15) is 0 Å². The molecule has 0 saturated carbocycles. The maximum Gasteiger partial charge on any atom is 0.187 e. The Hall–Kier alpha value is -2.99. The number of rotatable bonds is 5. The summed E-state index contributed by atoms with van der Waals surface area (Å²) in [5.41, 5.74) is 5.55. The lowest BCUT2D eigenvalue weighted by atomic mass is 10.0. The Morgan fingerprint density at radius 2 is 2.04 bits per heavy atom. The van der Waals surface area contributed by atoms with Crippen LogP contribution in [0.1, 0.15) is 30.9 Å². The molecule has 5 nitrogen and oxygen atoms in total. The number of pyridine rings is 1. The van der Waals surface area contributed by atoms with Gasteiger partial charge in [0.2, 0.25) is 0 Å². The quantitative estimate of drug-likeness (QED) is 0.496. The van der Waals surface area contributed by atoms with Crippen molar-refractivity contribution >= 4 is 22.2 Å². The second-order valence-electron chi connectivity index (χ2n) is 6.77. The number of thiazole rings is 1. The summed E-state index contributed by atoms with van der Waals surface area (Å²) in [6.07, 6.45) is 7.20. The van der Waals surface area contributed by atoms with Crippen molar-refractivity contribution in [2.45, 2.75) is 26.7 Å². The minimum absolute atomic E-state index is 0.498. The van der Waals surface area contributed by atoms with Crippen LogP contribution in [-0.2, 0) is 0 Å². The van der Waals surface area contributed by atoms with Crippen molar-refractivity contribution in [1.82, 2.24) is 19.5 Å². The summed E-state index contributed by atoms with van der Waals surface area (Å²) in [6.45, 7) is 6.52. The molecule has 0 unspecified atom stereocenters. The van der Waals surface area contributed by atoms with Crippen molar-refractivity contribution < 1.29 is 0 Å². The Morgan fingerprint density at radius 1 is 1.15 bits per heavy atom. The van der Waals surface area contributed by atoms with Gasteiger partial charge < -0.3 is 5.32 Å². The zero-order chi connectivity index (χ0) is 18.8. The fraction of sp³-hybridized carbons (Fsp3) is 0.190. The number of aromatic nitrogens is 4. The van der Waals surface area contributed by atoms with E-state index in [0.717, 1.165) is 27.9 Å². The molecule has 3 aromatic heterocycles. The van der Waals surface area contributed by atoms with E-state index in [4.69, 9.17) is 4.98 Å². The van der Waals surface area contributed by atoms with Crippen LogP contribution in [0.3, 0.4) is 0 Å². The van der Waals surface area contributed by atoms with Crippen molar-refractivity contribution in [2.24, 2.45) is 0 Å². The molecule has 3 heterocycles. The lowest BCUT2D eigenvalue weighted by Gasteiger charge is -2.11. The van der Waals surface area contributed by atoms with E-state index in [2.05, 4.69) is 59.6 Å². The Kier molecular flexibility index (Phi) is 4.73. The minimum Gasteiger partial charge on any atom is -0.331 e. The maximum atomic E-state index is 4.73. The molecule has 0 aliphatic rings. The Labute approximate surface area is 162 Å². The van der Waals surface area contributed by atoms with Gasteiger partial charge in [-0.15, -0.1) is 11.3 Å². The molecule has 27 heavy (non-hydrogen) atoms. The van der Waals surface area contributed by atoms with E-state index in [1.165, 1.54) is 11.1 Å². The van der Waals surface area contributed by atoms with Gasteiger partial charge in [-0.05, 0) is 42.2 Å². The van der Waals surface area contributed by atoms with E-state index in [1.807, 2.05) is 29.1 Å². The van der Waals surface area contributed by atoms with Gasteiger partial charge in [0.25, 0.3) is 0 Å². The number of nitrogens with zero attached hydrogens (tertiary/aromatic N) is 4. The summed E-state index contributed by atoms with van der Waals surface area (Å²) < 4.78 is 1.88. The predicted molar refractivity (Wildman–Crippen MR) is 111 cm³/mol. The molecular weight excluding hydrogens is 354 g/mol. The molecule has 0 atom stereocenters. The summed E-state index contributed by atoms with van der Waals surface area (Å²) in [5, 5.41) is 6.40. The molecule has 0 radical (unpaired) electrons. The summed E-state index contributed by atoms with van der Waals surface area (Å²) in [5.74, 6) is 1.34. The molecule has 0 aliphatic heterocycles. The van der Waals surface area contributed by atoms with Gasteiger partial charge in [0.15, 0.2) is 5.13 Å². The third-order valence-corrected chi connectivity index (χ3v) is 5.24. The number of nitrogens with one attached hydrogen (secondary N) is 1. The minimum atomic E-state index is 0.498. The van der Waals surface area contributed by atoms with Crippen LogP contribution in [0.15, 0.2) is 60.6 Å². The van der Waals surface area contributed by atoms with E-state index >= 15 is 0 Å². The van der Waals surface area contributed by atoms with Crippen LogP contribution in [0, 0.1) is 6.92 Å². The third kappa shape index (κ3) is 3.75. The van der Waals surface area contributed by atoms with Gasteiger partial charge in [-0.3, -0.25) is 4.57 Å². The van der Waals surface area contributed by atoms with E-state index in [0.29, 0.717) is 5.92 Å². The number of anilines is 2. The standard InChI is InChI=1S/C21H21N5S/c1-14(2)16-5-4-15(3)18(10-16)24-21-25-19(12-27-21)17-6-7-20(23-11-17)26-9-8-22-13-26/h4-14H,1-3H3,(H,24,25). The number of hydrogen-bond donors (Lipinski definition) is 1. The molecule has 1 aromatic carbocycles. The van der Waals surface area contributed by atoms with Crippen LogP contribution in [0.25, 0.3) is 17.1 Å². The summed E-state index contributed by atoms with van der Waals surface area (Å²) in [6, 6.07) is 10.6. The fourth-order valence-electron chi connectivity index (χ4n) is 2.80. The van der Waals surface area contributed by atoms with Crippen LogP contribution >= 0.6 is 11.3 Å². The highest BCUT2D eigenvalue weighted by Crippen LogP contribution is 2.30. The van der Waals surface area contributed by atoms with E-state index in [1.54, 1.807) is 23.9 Å². The van der Waals surface area contributed by atoms with Crippen molar-refractivity contribution in [3.63, 3.8) is 0 Å². The first kappa shape index (κ1) is 17.4. The molecule has 0 bridgehead atoms. The van der Waals surface area contributed by atoms with Crippen molar-refractivity contribution in [1.29, 1.82) is 0 Å². The van der Waals surface area contributed by atoms with E-state index in [9.17, 15) is 0 Å². The van der Waals surface area contributed by atoms with Crippen molar-refractivity contribution in [3.8, 4) is 17.1 Å². The average molecular weight is 376 g/mol. The molecule has 0 amide bonds. The normalized spacial score (nSPS) is 11.1. The third-order valence-electron chi connectivity index (χ3n) is 4.49. The molecule has 1 N–H and O–H groups in total. The molecule has 4 rings (SSSR count). The zero-order valence-corrected chi connectivity index (χ0v) is 16.4. The Bertz CT molecular complexity index is 1030. The first-order valence-corrected chi connectivity index (χ1v) is 9.76. The summed E-state index contributed by atoms with van der Waals surface area (Å²) in [7, 11) is 0.